The number of fused-ring (bicyclic) bond motifs is 1. The molecule has 400 valence electrons. The molecule has 0 aliphatic heterocycles. The molecule has 2 aromatic carbocycles. The number of nitrogens with one attached hydrogen (secondary N) is 9. The number of hydrogen-bond acceptors (Lipinski definition) is 14. The predicted octanol–water partition coefficient (Wildman–Crippen LogP) is -1.16. The van der Waals surface area contributed by atoms with Gasteiger partial charge in [0.1, 0.15) is 42.3 Å². The Morgan fingerprint density at radius 3 is 1.90 bits per heavy atom. The van der Waals surface area contributed by atoms with Crippen LogP contribution in [0.4, 0.5) is 0 Å². The van der Waals surface area contributed by atoms with E-state index in [0.29, 0.717) is 30.7 Å². The number of nitrogens with two attached hydrogens (primary N) is 2. The summed E-state index contributed by atoms with van der Waals surface area (Å²) < 4.78 is 0. The molecule has 0 unspecified atom stereocenters. The minimum atomic E-state index is -1.76. The van der Waals surface area contributed by atoms with E-state index in [0.717, 1.165) is 16.5 Å². The van der Waals surface area contributed by atoms with Crippen LogP contribution >= 0.6 is 24.4 Å². The first kappa shape index (κ1) is 60.6. The third-order valence-corrected chi connectivity index (χ3v) is 12.4. The summed E-state index contributed by atoms with van der Waals surface area (Å²) >= 11 is 5.49. The van der Waals surface area contributed by atoms with E-state index >= 15 is 0 Å². The minimum absolute atomic E-state index is 0.0447. The van der Waals surface area contributed by atoms with Crippen LogP contribution in [0.3, 0.4) is 0 Å². The topological polar surface area (TPSA) is 375 Å². The largest absolute Gasteiger partial charge is 0.481 e. The monoisotopic (exact) mass is 1060 g/mol. The highest BCUT2D eigenvalue weighted by Gasteiger charge is 2.33. The molecule has 23 nitrogen and oxygen atoms in total. The van der Waals surface area contributed by atoms with Gasteiger partial charge in [0.25, 0.3) is 0 Å². The van der Waals surface area contributed by atoms with E-state index in [1.54, 1.807) is 56.6 Å². The van der Waals surface area contributed by atoms with Crippen LogP contribution in [0.5, 0.6) is 0 Å². The molecule has 1 aromatic heterocycles. The molecule has 0 fully saturated rings. The quantitative estimate of drug-likeness (QED) is 0.0259. The van der Waals surface area contributed by atoms with Crippen molar-refractivity contribution in [3.8, 4) is 0 Å². The number of carboxylic acid groups (broad SMARTS) is 2. The fourth-order valence-corrected chi connectivity index (χ4v) is 8.06. The Hall–Kier alpha value is -6.70. The Labute approximate surface area is 432 Å². The maximum atomic E-state index is 13.8. The lowest BCUT2D eigenvalue weighted by atomic mass is 9.99. The smallest absolute Gasteiger partial charge is 0.326 e. The van der Waals surface area contributed by atoms with Gasteiger partial charge in [0.15, 0.2) is 0 Å². The lowest BCUT2D eigenvalue weighted by molar-refractivity contribution is -0.142. The van der Waals surface area contributed by atoms with E-state index < -0.39 is 126 Å². The molecule has 8 atom stereocenters. The molecule has 8 amide bonds. The lowest BCUT2D eigenvalue weighted by Crippen LogP contribution is -2.59. The molecule has 0 saturated carbocycles. The van der Waals surface area contributed by atoms with Crippen molar-refractivity contribution in [2.75, 3.05) is 30.9 Å². The van der Waals surface area contributed by atoms with Crippen LogP contribution in [0.1, 0.15) is 64.0 Å². The van der Waals surface area contributed by atoms with E-state index in [1.165, 1.54) is 18.7 Å². The molecule has 0 bridgehead atoms. The standard InChI is InChI=1S/C48H69N11O12S2/c1-26(2)40(59-42(64)31(50)21-29-23-51-32-15-9-8-14-30(29)32)47(69)57-35(20-28-12-6-5-7-13-28)43(65)52-24-38(60)54-36(22-39(61)62)45(67)53-27(3)41(63)55-33(17-19-73-4)44(66)58-37(25-72)46(68)56-34(48(70)71)16-10-11-18-49/h5-9,12-15,23,26-27,31,33-37,40,51,72H,10-11,16-22,24-25,49-50H2,1-4H3,(H,52,65)(H,53,67)(H,54,60)(H,55,63)(H,56,68)(H,57,69)(H,58,66)(H,59,64)(H,61,62)(H,70,71)/t27-,31-,33-,34-,35-,36-,37-,40-/m0/s1. The second-order valence-electron chi connectivity index (χ2n) is 17.6. The SMILES string of the molecule is CSCC[C@H](NC(=O)[C@H](C)NC(=O)[C@H](CC(=O)O)NC(=O)CNC(=O)[C@H](Cc1ccccc1)NC(=O)[C@@H](NC(=O)[C@@H](N)Cc1c[nH]c2ccccc12)C(C)C)C(=O)N[C@@H](CS)C(=O)N[C@@H](CCCCN)C(=O)O. The van der Waals surface area contributed by atoms with Crippen LogP contribution in [0.25, 0.3) is 10.9 Å². The number of carboxylic acids is 2. The van der Waals surface area contributed by atoms with Crippen LogP contribution in [0, 0.1) is 5.92 Å². The molecule has 0 aliphatic carbocycles. The average Bonchev–Trinajstić information content (AvgIpc) is 3.76. The van der Waals surface area contributed by atoms with Crippen LogP contribution in [-0.2, 0) is 60.8 Å². The molecular weight excluding hydrogens is 987 g/mol. The third kappa shape index (κ3) is 20.4. The number of aromatic amines is 1. The van der Waals surface area contributed by atoms with E-state index in [1.807, 2.05) is 24.3 Å². The van der Waals surface area contributed by atoms with Gasteiger partial charge >= 0.3 is 11.9 Å². The number of unbranched alkanes of at least 4 members (excludes halogenated alkanes) is 1. The first-order valence-electron chi connectivity index (χ1n) is 23.7. The van der Waals surface area contributed by atoms with Crippen LogP contribution in [0.2, 0.25) is 0 Å². The Kier molecular flexibility index (Phi) is 25.7. The first-order valence-corrected chi connectivity index (χ1v) is 25.7. The van der Waals surface area contributed by atoms with Crippen molar-refractivity contribution in [3.05, 3.63) is 71.9 Å². The van der Waals surface area contributed by atoms with Crippen LogP contribution in [-0.4, -0.2) is 154 Å². The summed E-state index contributed by atoms with van der Waals surface area (Å²) in [5, 5.41) is 39.8. The second-order valence-corrected chi connectivity index (χ2v) is 18.9. The number of aromatic nitrogens is 1. The molecule has 3 aromatic rings. The molecule has 1 heterocycles. The first-order chi connectivity index (χ1) is 34.7. The number of aliphatic carboxylic acids is 2. The summed E-state index contributed by atoms with van der Waals surface area (Å²) in [6, 6.07) is 5.75. The number of para-hydroxylation sites is 1. The second kappa shape index (κ2) is 31.0. The summed E-state index contributed by atoms with van der Waals surface area (Å²) in [6.45, 7) is 4.19. The molecule has 15 N–H and O–H groups in total. The van der Waals surface area contributed by atoms with Gasteiger partial charge in [-0.25, -0.2) is 4.79 Å². The van der Waals surface area contributed by atoms with Gasteiger partial charge < -0.3 is 69.2 Å². The van der Waals surface area contributed by atoms with E-state index in [-0.39, 0.29) is 31.4 Å². The van der Waals surface area contributed by atoms with Gasteiger partial charge in [-0.05, 0) is 80.7 Å². The summed E-state index contributed by atoms with van der Waals surface area (Å²) in [5.41, 5.74) is 14.1. The summed E-state index contributed by atoms with van der Waals surface area (Å²) in [4.78, 5) is 134. The van der Waals surface area contributed by atoms with Crippen molar-refractivity contribution in [2.45, 2.75) is 114 Å². The Morgan fingerprint density at radius 2 is 1.27 bits per heavy atom. The number of H-pyrrole nitrogens is 1. The molecule has 3 rings (SSSR count). The van der Waals surface area contributed by atoms with Crippen molar-refractivity contribution >= 4 is 94.5 Å². The van der Waals surface area contributed by atoms with Gasteiger partial charge in [-0.2, -0.15) is 24.4 Å². The van der Waals surface area contributed by atoms with Crippen molar-refractivity contribution in [2.24, 2.45) is 17.4 Å². The number of benzene rings is 2. The number of thiol groups is 1. The number of carbonyl (C=O) groups excluding carboxylic acids is 8. The van der Waals surface area contributed by atoms with Crippen molar-refractivity contribution in [3.63, 3.8) is 0 Å². The predicted molar refractivity (Wildman–Crippen MR) is 277 cm³/mol. The Bertz CT molecular complexity index is 2370. The summed E-state index contributed by atoms with van der Waals surface area (Å²) in [7, 11) is 0. The van der Waals surface area contributed by atoms with Crippen molar-refractivity contribution < 1.29 is 58.2 Å². The third-order valence-electron chi connectivity index (χ3n) is 11.4. The van der Waals surface area contributed by atoms with Gasteiger partial charge in [0.05, 0.1) is 19.0 Å². The zero-order valence-corrected chi connectivity index (χ0v) is 42.9. The van der Waals surface area contributed by atoms with Crippen LogP contribution < -0.4 is 54.0 Å². The molecular formula is C48H69N11O12S2. The highest BCUT2D eigenvalue weighted by atomic mass is 32.2. The number of hydrogen-bond donors (Lipinski definition) is 14. The zero-order valence-electron chi connectivity index (χ0n) is 41.2. The van der Waals surface area contributed by atoms with Gasteiger partial charge in [0, 0.05) is 29.3 Å². The highest BCUT2D eigenvalue weighted by molar-refractivity contribution is 7.98. The maximum absolute atomic E-state index is 13.8. The van der Waals surface area contributed by atoms with Gasteiger partial charge in [0.2, 0.25) is 47.3 Å². The fourth-order valence-electron chi connectivity index (χ4n) is 7.34. The number of amides is 8. The lowest BCUT2D eigenvalue weighted by Gasteiger charge is -2.26. The van der Waals surface area contributed by atoms with E-state index in [2.05, 4.69) is 60.1 Å². The minimum Gasteiger partial charge on any atom is -0.481 e. The Balaban J connectivity index is 1.65. The molecule has 0 saturated heterocycles. The molecule has 0 aliphatic rings. The van der Waals surface area contributed by atoms with Gasteiger partial charge in [-0.15, -0.1) is 0 Å². The van der Waals surface area contributed by atoms with Crippen molar-refractivity contribution in [1.29, 1.82) is 0 Å². The van der Waals surface area contributed by atoms with Gasteiger partial charge in [-0.1, -0.05) is 62.4 Å². The number of thioether (sulfide) groups is 1. The normalized spacial score (nSPS) is 14.4. The van der Waals surface area contributed by atoms with Gasteiger partial charge in [-0.3, -0.25) is 43.2 Å². The van der Waals surface area contributed by atoms with E-state index in [4.69, 9.17) is 11.5 Å². The van der Waals surface area contributed by atoms with Crippen molar-refractivity contribution in [1.82, 2.24) is 47.5 Å². The average molecular weight is 1060 g/mol. The number of carbonyl (C=O) groups is 10. The zero-order chi connectivity index (χ0) is 54.2. The molecule has 73 heavy (non-hydrogen) atoms. The molecule has 25 heteroatoms. The maximum Gasteiger partial charge on any atom is 0.326 e. The molecule has 0 spiro atoms. The fraction of sp³-hybridized carbons (Fsp3) is 0.500. The molecule has 0 radical (unpaired) electrons. The van der Waals surface area contributed by atoms with E-state index in [9.17, 15) is 58.2 Å². The summed E-state index contributed by atoms with van der Waals surface area (Å²) in [6.07, 6.45) is 3.82. The summed E-state index contributed by atoms with van der Waals surface area (Å²) in [5.74, 6) is -9.86. The van der Waals surface area contributed by atoms with Crippen LogP contribution in [0.15, 0.2) is 60.8 Å². The highest BCUT2D eigenvalue weighted by Crippen LogP contribution is 2.19. The number of rotatable bonds is 32. The Morgan fingerprint density at radius 1 is 0.658 bits per heavy atom.